The molecule has 0 bridgehead atoms. The molecule has 7 nitrogen and oxygen atoms in total. The summed E-state index contributed by atoms with van der Waals surface area (Å²) in [6, 6.07) is 0. The van der Waals surface area contributed by atoms with Crippen molar-refractivity contribution in [2.45, 2.75) is 25.3 Å². The number of rotatable bonds is 9. The van der Waals surface area contributed by atoms with Crippen LogP contribution in [0.15, 0.2) is 16.6 Å². The predicted octanol–water partition coefficient (Wildman–Crippen LogP) is 1.53. The summed E-state index contributed by atoms with van der Waals surface area (Å²) in [6.07, 6.45) is 2.60. The molecule has 0 amide bonds. The Balaban J connectivity index is 2.26. The molecule has 0 atom stereocenters. The Morgan fingerprint density at radius 2 is 2.19 bits per heavy atom. The molecule has 0 aliphatic carbocycles. The SMILES string of the molecule is CCCNc1nc2sccn2c1S(=O)(=O)NCCOCC. The minimum atomic E-state index is -3.64. The molecule has 0 saturated heterocycles. The number of nitrogens with zero attached hydrogens (tertiary/aromatic N) is 2. The maximum atomic E-state index is 12.5. The van der Waals surface area contributed by atoms with Crippen molar-refractivity contribution >= 4 is 32.1 Å². The van der Waals surface area contributed by atoms with Crippen LogP contribution in [0.4, 0.5) is 5.82 Å². The zero-order valence-corrected chi connectivity index (χ0v) is 13.8. The maximum Gasteiger partial charge on any atom is 0.260 e. The lowest BCUT2D eigenvalue weighted by atomic mass is 10.5. The molecule has 0 unspecified atom stereocenters. The molecule has 0 aromatic carbocycles. The van der Waals surface area contributed by atoms with Gasteiger partial charge in [-0.15, -0.1) is 11.3 Å². The first-order valence-corrected chi connectivity index (χ1v) is 9.23. The first kappa shape index (κ1) is 16.2. The van der Waals surface area contributed by atoms with Crippen LogP contribution in [-0.4, -0.2) is 44.1 Å². The second-order valence-corrected chi connectivity index (χ2v) is 6.90. The van der Waals surface area contributed by atoms with Gasteiger partial charge in [-0.2, -0.15) is 0 Å². The van der Waals surface area contributed by atoms with E-state index in [1.807, 2.05) is 19.2 Å². The quantitative estimate of drug-likeness (QED) is 0.680. The van der Waals surface area contributed by atoms with Crippen molar-refractivity contribution in [2.24, 2.45) is 0 Å². The Hall–Kier alpha value is -1.16. The maximum absolute atomic E-state index is 12.5. The smallest absolute Gasteiger partial charge is 0.260 e. The van der Waals surface area contributed by atoms with Crippen LogP contribution in [0.25, 0.3) is 4.96 Å². The van der Waals surface area contributed by atoms with Crippen LogP contribution in [0.2, 0.25) is 0 Å². The second kappa shape index (κ2) is 7.21. The highest BCUT2D eigenvalue weighted by Crippen LogP contribution is 2.25. The fourth-order valence-corrected chi connectivity index (χ4v) is 3.88. The molecule has 0 fully saturated rings. The number of imidazole rings is 1. The summed E-state index contributed by atoms with van der Waals surface area (Å²) >= 11 is 1.40. The van der Waals surface area contributed by atoms with Crippen LogP contribution in [0, 0.1) is 0 Å². The van der Waals surface area contributed by atoms with Crippen LogP contribution in [0.1, 0.15) is 20.3 Å². The van der Waals surface area contributed by atoms with Crippen LogP contribution >= 0.6 is 11.3 Å². The summed E-state index contributed by atoms with van der Waals surface area (Å²) in [5, 5.41) is 5.04. The predicted molar refractivity (Wildman–Crippen MR) is 83.5 cm³/mol. The van der Waals surface area contributed by atoms with Gasteiger partial charge < -0.3 is 10.1 Å². The average Bonchev–Trinajstić information content (AvgIpc) is 3.01. The summed E-state index contributed by atoms with van der Waals surface area (Å²) in [4.78, 5) is 4.99. The second-order valence-electron chi connectivity index (χ2n) is 4.34. The van der Waals surface area contributed by atoms with E-state index in [4.69, 9.17) is 4.74 Å². The highest BCUT2D eigenvalue weighted by molar-refractivity contribution is 7.89. The molecule has 0 saturated carbocycles. The Bertz CT molecular complexity index is 678. The molecule has 2 aromatic heterocycles. The van der Waals surface area contributed by atoms with Crippen LogP contribution in [0.3, 0.4) is 0 Å². The number of ether oxygens (including phenoxy) is 1. The monoisotopic (exact) mass is 332 g/mol. The number of sulfonamides is 1. The van der Waals surface area contributed by atoms with E-state index in [9.17, 15) is 8.42 Å². The Labute approximate surface area is 128 Å². The molecule has 21 heavy (non-hydrogen) atoms. The number of fused-ring (bicyclic) bond motifs is 1. The Morgan fingerprint density at radius 1 is 1.38 bits per heavy atom. The Kier molecular flexibility index (Phi) is 5.57. The van der Waals surface area contributed by atoms with Gasteiger partial charge in [0.1, 0.15) is 0 Å². The molecular formula is C12H20N4O3S2. The van der Waals surface area contributed by atoms with Crippen LogP contribution in [0.5, 0.6) is 0 Å². The lowest BCUT2D eigenvalue weighted by Gasteiger charge is -2.09. The summed E-state index contributed by atoms with van der Waals surface area (Å²) in [5.41, 5.74) is 0. The first-order chi connectivity index (χ1) is 10.1. The fraction of sp³-hybridized carbons (Fsp3) is 0.583. The third-order valence-electron chi connectivity index (χ3n) is 2.76. The number of nitrogens with one attached hydrogen (secondary N) is 2. The van der Waals surface area contributed by atoms with E-state index in [0.29, 0.717) is 30.5 Å². The van der Waals surface area contributed by atoms with Gasteiger partial charge in [0.2, 0.25) is 0 Å². The lowest BCUT2D eigenvalue weighted by Crippen LogP contribution is -2.29. The molecular weight excluding hydrogens is 312 g/mol. The summed E-state index contributed by atoms with van der Waals surface area (Å²) < 4.78 is 34.3. The van der Waals surface area contributed by atoms with E-state index in [0.717, 1.165) is 6.42 Å². The van der Waals surface area contributed by atoms with Crippen molar-refractivity contribution in [2.75, 3.05) is 31.6 Å². The van der Waals surface area contributed by atoms with E-state index < -0.39 is 10.0 Å². The van der Waals surface area contributed by atoms with Crippen molar-refractivity contribution < 1.29 is 13.2 Å². The Morgan fingerprint density at radius 3 is 2.90 bits per heavy atom. The normalized spacial score (nSPS) is 12.1. The summed E-state index contributed by atoms with van der Waals surface area (Å²) in [7, 11) is -3.64. The van der Waals surface area contributed by atoms with E-state index in [-0.39, 0.29) is 11.6 Å². The van der Waals surface area contributed by atoms with Gasteiger partial charge in [-0.05, 0) is 13.3 Å². The third-order valence-corrected chi connectivity index (χ3v) is 5.00. The van der Waals surface area contributed by atoms with E-state index in [2.05, 4.69) is 15.0 Å². The minimum absolute atomic E-state index is 0.156. The minimum Gasteiger partial charge on any atom is -0.380 e. The highest BCUT2D eigenvalue weighted by Gasteiger charge is 2.25. The number of hydrogen-bond donors (Lipinski definition) is 2. The zero-order chi connectivity index (χ0) is 15.3. The van der Waals surface area contributed by atoms with Gasteiger partial charge in [0.15, 0.2) is 15.8 Å². The van der Waals surface area contributed by atoms with E-state index >= 15 is 0 Å². The molecule has 9 heteroatoms. The van der Waals surface area contributed by atoms with Gasteiger partial charge in [0, 0.05) is 31.3 Å². The molecule has 118 valence electrons. The molecule has 0 aliphatic heterocycles. The van der Waals surface area contributed by atoms with Crippen LogP contribution in [-0.2, 0) is 14.8 Å². The number of anilines is 1. The molecule has 2 rings (SSSR count). The van der Waals surface area contributed by atoms with Crippen molar-refractivity contribution in [3.05, 3.63) is 11.6 Å². The first-order valence-electron chi connectivity index (χ1n) is 6.87. The number of hydrogen-bond acceptors (Lipinski definition) is 6. The molecule has 2 N–H and O–H groups in total. The molecule has 2 heterocycles. The molecule has 0 radical (unpaired) electrons. The van der Waals surface area contributed by atoms with Gasteiger partial charge in [-0.25, -0.2) is 18.1 Å². The van der Waals surface area contributed by atoms with Gasteiger partial charge >= 0.3 is 0 Å². The highest BCUT2D eigenvalue weighted by atomic mass is 32.2. The summed E-state index contributed by atoms with van der Waals surface area (Å²) in [6.45, 7) is 5.70. The van der Waals surface area contributed by atoms with Gasteiger partial charge in [0.25, 0.3) is 10.0 Å². The standard InChI is InChI=1S/C12H20N4O3S2/c1-3-5-13-10-11(16-7-9-20-12(16)15-10)21(17,18)14-6-8-19-4-2/h7,9,13-14H,3-6,8H2,1-2H3. The van der Waals surface area contributed by atoms with Crippen molar-refractivity contribution in [3.8, 4) is 0 Å². The van der Waals surface area contributed by atoms with E-state index in [1.54, 1.807) is 10.6 Å². The molecule has 2 aromatic rings. The largest absolute Gasteiger partial charge is 0.380 e. The van der Waals surface area contributed by atoms with Crippen LogP contribution < -0.4 is 10.0 Å². The third kappa shape index (κ3) is 3.73. The summed E-state index contributed by atoms with van der Waals surface area (Å²) in [5.74, 6) is 0.396. The number of aromatic nitrogens is 2. The van der Waals surface area contributed by atoms with Crippen molar-refractivity contribution in [3.63, 3.8) is 0 Å². The molecule has 0 spiro atoms. The fourth-order valence-electron chi connectivity index (χ4n) is 1.84. The van der Waals surface area contributed by atoms with Gasteiger partial charge in [-0.1, -0.05) is 6.92 Å². The lowest BCUT2D eigenvalue weighted by molar-refractivity contribution is 0.153. The zero-order valence-electron chi connectivity index (χ0n) is 12.1. The van der Waals surface area contributed by atoms with Crippen molar-refractivity contribution in [1.82, 2.24) is 14.1 Å². The topological polar surface area (TPSA) is 84.7 Å². The van der Waals surface area contributed by atoms with E-state index in [1.165, 1.54) is 11.3 Å². The number of thiazole rings is 1. The van der Waals surface area contributed by atoms with Crippen molar-refractivity contribution in [1.29, 1.82) is 0 Å². The molecule has 0 aliphatic rings. The average molecular weight is 332 g/mol. The van der Waals surface area contributed by atoms with Gasteiger partial charge in [0.05, 0.1) is 6.61 Å². The van der Waals surface area contributed by atoms with Gasteiger partial charge in [-0.3, -0.25) is 4.40 Å².